The lowest BCUT2D eigenvalue weighted by atomic mass is 10.2. The maximum absolute atomic E-state index is 13.2. The van der Waals surface area contributed by atoms with Gasteiger partial charge in [-0.25, -0.2) is 14.6 Å². The Morgan fingerprint density at radius 2 is 1.81 bits per heavy atom. The van der Waals surface area contributed by atoms with Gasteiger partial charge in [0.25, 0.3) is 5.91 Å². The fourth-order valence-corrected chi connectivity index (χ4v) is 2.49. The Morgan fingerprint density at radius 3 is 2.53 bits per heavy atom. The predicted molar refractivity (Wildman–Crippen MR) is 112 cm³/mol. The van der Waals surface area contributed by atoms with Crippen molar-refractivity contribution < 1.29 is 28.4 Å². The third-order valence-corrected chi connectivity index (χ3v) is 3.97. The first kappa shape index (κ1) is 22.1. The zero-order chi connectivity index (χ0) is 22.9. The van der Waals surface area contributed by atoms with Crippen molar-refractivity contribution in [3.8, 4) is 11.5 Å². The van der Waals surface area contributed by atoms with Crippen molar-refractivity contribution in [1.29, 1.82) is 0 Å². The summed E-state index contributed by atoms with van der Waals surface area (Å²) in [7, 11) is 0. The molecule has 162 valence electrons. The van der Waals surface area contributed by atoms with Gasteiger partial charge in [0, 0.05) is 6.07 Å². The number of hydrogen-bond acceptors (Lipinski definition) is 7. The Bertz CT molecular complexity index is 1160. The van der Waals surface area contributed by atoms with Gasteiger partial charge >= 0.3 is 11.7 Å². The quantitative estimate of drug-likeness (QED) is 0.189. The van der Waals surface area contributed by atoms with E-state index in [0.717, 1.165) is 6.07 Å². The molecule has 3 aromatic rings. The van der Waals surface area contributed by atoms with E-state index in [1.54, 1.807) is 18.2 Å². The number of nitrogens with zero attached hydrogens (tertiary/aromatic N) is 2. The van der Waals surface area contributed by atoms with E-state index in [9.17, 15) is 24.1 Å². The highest BCUT2D eigenvalue weighted by Gasteiger charge is 2.14. The Morgan fingerprint density at radius 1 is 1.06 bits per heavy atom. The normalized spacial score (nSPS) is 10.5. The van der Waals surface area contributed by atoms with Crippen LogP contribution in [-0.2, 0) is 4.79 Å². The third kappa shape index (κ3) is 6.20. The van der Waals surface area contributed by atoms with Crippen LogP contribution >= 0.6 is 0 Å². The zero-order valence-electron chi connectivity index (χ0n) is 16.4. The lowest BCUT2D eigenvalue weighted by molar-refractivity contribution is -0.385. The van der Waals surface area contributed by atoms with E-state index in [-0.39, 0.29) is 22.7 Å². The second kappa shape index (κ2) is 10.4. The minimum Gasteiger partial charge on any atom is -0.477 e. The van der Waals surface area contributed by atoms with Crippen LogP contribution in [0.25, 0.3) is 0 Å². The van der Waals surface area contributed by atoms with Crippen LogP contribution in [0.1, 0.15) is 15.9 Å². The minimum atomic E-state index is -0.697. The average Bonchev–Trinajstić information content (AvgIpc) is 2.79. The molecule has 0 saturated heterocycles. The van der Waals surface area contributed by atoms with Gasteiger partial charge in [0.1, 0.15) is 11.6 Å². The average molecular weight is 437 g/mol. The molecule has 0 aliphatic heterocycles. The number of benzene rings is 3. The van der Waals surface area contributed by atoms with E-state index in [4.69, 9.17) is 9.47 Å². The fraction of sp³-hybridized carbons (Fsp3) is 0.0455. The molecule has 3 rings (SSSR count). The molecule has 10 heteroatoms. The number of ether oxygens (including phenoxy) is 2. The van der Waals surface area contributed by atoms with Crippen LogP contribution in [0.2, 0.25) is 0 Å². The van der Waals surface area contributed by atoms with Gasteiger partial charge in [-0.3, -0.25) is 14.9 Å². The van der Waals surface area contributed by atoms with Crippen molar-refractivity contribution in [2.24, 2.45) is 5.10 Å². The number of nitro groups is 1. The first-order valence-electron chi connectivity index (χ1n) is 9.18. The lowest BCUT2D eigenvalue weighted by Crippen LogP contribution is -2.24. The number of para-hydroxylation sites is 2. The zero-order valence-corrected chi connectivity index (χ0v) is 16.4. The van der Waals surface area contributed by atoms with Crippen molar-refractivity contribution in [1.82, 2.24) is 5.43 Å². The van der Waals surface area contributed by atoms with Crippen molar-refractivity contribution >= 4 is 23.8 Å². The van der Waals surface area contributed by atoms with E-state index >= 15 is 0 Å². The molecule has 0 unspecified atom stereocenters. The second-order valence-electron chi connectivity index (χ2n) is 6.28. The van der Waals surface area contributed by atoms with E-state index in [2.05, 4.69) is 10.5 Å². The molecular formula is C22H16FN3O6. The van der Waals surface area contributed by atoms with E-state index in [0.29, 0.717) is 5.56 Å². The number of carbonyl (C=O) groups excluding carboxylic acids is 2. The molecular weight excluding hydrogens is 421 g/mol. The van der Waals surface area contributed by atoms with Crippen LogP contribution in [0.15, 0.2) is 77.9 Å². The van der Waals surface area contributed by atoms with Gasteiger partial charge in [0.05, 0.1) is 16.7 Å². The number of hydrogen-bond donors (Lipinski definition) is 1. The number of rotatable bonds is 8. The SMILES string of the molecule is O=C(COc1ccccc1[N+](=O)[O-])N/N=C/c1ccc(OC(=O)c2cccc(F)c2)cc1. The monoisotopic (exact) mass is 437 g/mol. The summed E-state index contributed by atoms with van der Waals surface area (Å²) in [5.74, 6) is -1.63. The molecule has 0 atom stereocenters. The number of amides is 1. The number of nitrogens with one attached hydrogen (secondary N) is 1. The highest BCUT2D eigenvalue weighted by atomic mass is 19.1. The molecule has 1 N–H and O–H groups in total. The van der Waals surface area contributed by atoms with Crippen LogP contribution < -0.4 is 14.9 Å². The van der Waals surface area contributed by atoms with E-state index < -0.39 is 29.2 Å². The summed E-state index contributed by atoms with van der Waals surface area (Å²) in [6, 6.07) is 17.0. The summed E-state index contributed by atoms with van der Waals surface area (Å²) in [5.41, 5.74) is 2.67. The number of esters is 1. The van der Waals surface area contributed by atoms with Crippen molar-refractivity contribution in [3.63, 3.8) is 0 Å². The van der Waals surface area contributed by atoms with Gasteiger partial charge < -0.3 is 9.47 Å². The summed E-state index contributed by atoms with van der Waals surface area (Å²) in [5, 5.41) is 14.7. The van der Waals surface area contributed by atoms with Crippen molar-refractivity contribution in [2.45, 2.75) is 0 Å². The summed E-state index contributed by atoms with van der Waals surface area (Å²) in [6.45, 7) is -0.461. The molecule has 0 saturated carbocycles. The standard InChI is InChI=1S/C22H16FN3O6/c23-17-5-3-4-16(12-17)22(28)32-18-10-8-15(9-11-18)13-24-25-21(27)14-31-20-7-2-1-6-19(20)26(29)30/h1-13H,14H2,(H,25,27)/b24-13+. The largest absolute Gasteiger partial charge is 0.477 e. The molecule has 0 aliphatic rings. The number of hydrazone groups is 1. The Balaban J connectivity index is 1.49. The van der Waals surface area contributed by atoms with Crippen molar-refractivity contribution in [3.05, 3.63) is 99.9 Å². The summed E-state index contributed by atoms with van der Waals surface area (Å²) in [4.78, 5) is 34.1. The maximum atomic E-state index is 13.2. The van der Waals surface area contributed by atoms with Crippen LogP contribution in [0, 0.1) is 15.9 Å². The molecule has 0 bridgehead atoms. The molecule has 32 heavy (non-hydrogen) atoms. The van der Waals surface area contributed by atoms with Gasteiger partial charge in [0.15, 0.2) is 12.4 Å². The molecule has 3 aromatic carbocycles. The van der Waals surface area contributed by atoms with Gasteiger partial charge in [-0.05, 0) is 54.1 Å². The Kier molecular flexibility index (Phi) is 7.20. The summed E-state index contributed by atoms with van der Waals surface area (Å²) >= 11 is 0. The van der Waals surface area contributed by atoms with Gasteiger partial charge in [-0.2, -0.15) is 5.10 Å². The molecule has 1 amide bonds. The minimum absolute atomic E-state index is 0.0278. The molecule has 0 heterocycles. The molecule has 9 nitrogen and oxygen atoms in total. The highest BCUT2D eigenvalue weighted by molar-refractivity contribution is 5.91. The van der Waals surface area contributed by atoms with Gasteiger partial charge in [0.2, 0.25) is 0 Å². The van der Waals surface area contributed by atoms with Crippen molar-refractivity contribution in [2.75, 3.05) is 6.61 Å². The summed E-state index contributed by atoms with van der Waals surface area (Å²) in [6.07, 6.45) is 1.35. The van der Waals surface area contributed by atoms with Crippen LogP contribution in [0.3, 0.4) is 0 Å². The first-order chi connectivity index (χ1) is 15.4. The number of carbonyl (C=O) groups is 2. The predicted octanol–water partition coefficient (Wildman–Crippen LogP) is 3.48. The maximum Gasteiger partial charge on any atom is 0.343 e. The molecule has 0 aliphatic carbocycles. The topological polar surface area (TPSA) is 120 Å². The van der Waals surface area contributed by atoms with Crippen LogP contribution in [0.5, 0.6) is 11.5 Å². The lowest BCUT2D eigenvalue weighted by Gasteiger charge is -2.05. The molecule has 0 fully saturated rings. The third-order valence-electron chi connectivity index (χ3n) is 3.97. The smallest absolute Gasteiger partial charge is 0.343 e. The van der Waals surface area contributed by atoms with Gasteiger partial charge in [-0.1, -0.05) is 18.2 Å². The molecule has 0 spiro atoms. The first-order valence-corrected chi connectivity index (χ1v) is 9.18. The molecule has 0 radical (unpaired) electrons. The van der Waals surface area contributed by atoms with E-state index in [1.165, 1.54) is 54.7 Å². The van der Waals surface area contributed by atoms with Crippen LogP contribution in [-0.4, -0.2) is 29.6 Å². The fourth-order valence-electron chi connectivity index (χ4n) is 2.49. The Hall–Kier alpha value is -4.60. The van der Waals surface area contributed by atoms with E-state index in [1.807, 2.05) is 0 Å². The molecule has 0 aromatic heterocycles. The highest BCUT2D eigenvalue weighted by Crippen LogP contribution is 2.25. The number of halogens is 1. The Labute approximate surface area is 181 Å². The number of nitro benzene ring substituents is 1. The summed E-state index contributed by atoms with van der Waals surface area (Å²) < 4.78 is 23.5. The second-order valence-corrected chi connectivity index (χ2v) is 6.28. The van der Waals surface area contributed by atoms with Crippen LogP contribution in [0.4, 0.5) is 10.1 Å². The van der Waals surface area contributed by atoms with Gasteiger partial charge in [-0.15, -0.1) is 0 Å².